The van der Waals surface area contributed by atoms with Crippen LogP contribution in [0.1, 0.15) is 27.2 Å². The van der Waals surface area contributed by atoms with Crippen LogP contribution in [-0.4, -0.2) is 23.9 Å². The second-order valence-corrected chi connectivity index (χ2v) is 8.84. The highest BCUT2D eigenvalue weighted by Gasteiger charge is 2.31. The summed E-state index contributed by atoms with van der Waals surface area (Å²) in [5.74, 6) is -0.256. The van der Waals surface area contributed by atoms with Gasteiger partial charge in [0.05, 0.1) is 34.3 Å². The molecule has 3 N–H and O–H groups in total. The molecule has 0 saturated carbocycles. The number of primary sulfonamides is 1. The van der Waals surface area contributed by atoms with E-state index in [0.29, 0.717) is 16.8 Å². The van der Waals surface area contributed by atoms with Gasteiger partial charge in [-0.25, -0.2) is 18.5 Å². The van der Waals surface area contributed by atoms with Gasteiger partial charge >= 0.3 is 6.18 Å². The minimum absolute atomic E-state index is 0.0155. The summed E-state index contributed by atoms with van der Waals surface area (Å²) in [5, 5.41) is 7.71. The van der Waals surface area contributed by atoms with Crippen LogP contribution in [0.5, 0.6) is 0 Å². The Morgan fingerprint density at radius 2 is 1.94 bits per heavy atom. The van der Waals surface area contributed by atoms with E-state index in [-0.39, 0.29) is 28.5 Å². The summed E-state index contributed by atoms with van der Waals surface area (Å²) in [4.78, 5) is 16.9. The van der Waals surface area contributed by atoms with Crippen LogP contribution in [0, 0.1) is 6.92 Å². The van der Waals surface area contributed by atoms with E-state index in [1.54, 1.807) is 19.1 Å². The van der Waals surface area contributed by atoms with Crippen molar-refractivity contribution in [2.45, 2.75) is 24.5 Å². The maximum Gasteiger partial charge on any atom is 0.416 e. The van der Waals surface area contributed by atoms with Gasteiger partial charge in [-0.3, -0.25) is 10.1 Å². The van der Waals surface area contributed by atoms with Crippen LogP contribution >= 0.6 is 0 Å². The van der Waals surface area contributed by atoms with Crippen molar-refractivity contribution in [1.82, 2.24) is 9.55 Å². The molecule has 0 bridgehead atoms. The van der Waals surface area contributed by atoms with Crippen molar-refractivity contribution in [2.24, 2.45) is 5.14 Å². The van der Waals surface area contributed by atoms with Gasteiger partial charge in [-0.1, -0.05) is 6.07 Å². The van der Waals surface area contributed by atoms with E-state index in [4.69, 9.17) is 9.56 Å². The molecule has 4 aromatic rings. The number of nitrogens with zero attached hydrogens (tertiary/aromatic N) is 2. The zero-order chi connectivity index (χ0) is 24.0. The van der Waals surface area contributed by atoms with Crippen molar-refractivity contribution in [1.29, 1.82) is 0 Å². The Labute approximate surface area is 185 Å². The lowest BCUT2D eigenvalue weighted by Crippen LogP contribution is -2.19. The van der Waals surface area contributed by atoms with E-state index in [1.807, 2.05) is 0 Å². The molecule has 0 unspecified atom stereocenters. The number of fused-ring (bicyclic) bond motifs is 1. The highest BCUT2D eigenvalue weighted by Crippen LogP contribution is 2.32. The molecule has 0 saturated heterocycles. The number of benzene rings is 2. The van der Waals surface area contributed by atoms with Gasteiger partial charge in [0, 0.05) is 5.56 Å². The molecule has 33 heavy (non-hydrogen) atoms. The number of nitrogens with two attached hydrogens (primary N) is 1. The molecule has 4 rings (SSSR count). The summed E-state index contributed by atoms with van der Waals surface area (Å²) in [6.07, 6.45) is -3.12. The van der Waals surface area contributed by atoms with Gasteiger partial charge in [0.2, 0.25) is 16.0 Å². The first-order chi connectivity index (χ1) is 15.4. The second-order valence-electron chi connectivity index (χ2n) is 7.28. The van der Waals surface area contributed by atoms with E-state index in [2.05, 4.69) is 10.3 Å². The molecular weight excluding hydrogens is 461 g/mol. The molecule has 2 aromatic carbocycles. The third-order valence-electron chi connectivity index (χ3n) is 4.98. The topological polar surface area (TPSA) is 120 Å². The number of imidazole rings is 1. The van der Waals surface area contributed by atoms with Gasteiger partial charge in [0.1, 0.15) is 5.76 Å². The monoisotopic (exact) mass is 478 g/mol. The molecule has 12 heteroatoms. The van der Waals surface area contributed by atoms with Crippen LogP contribution < -0.4 is 10.5 Å². The molecular formula is C21H17F3N4O4S. The first-order valence-electron chi connectivity index (χ1n) is 9.48. The average molecular weight is 478 g/mol. The number of anilines is 1. The molecule has 0 atom stereocenters. The van der Waals surface area contributed by atoms with Crippen LogP contribution in [0.15, 0.2) is 64.1 Å². The fourth-order valence-corrected chi connectivity index (χ4v) is 3.85. The number of halogens is 3. The largest absolute Gasteiger partial charge is 0.467 e. The number of nitrogens with one attached hydrogen (secondary N) is 1. The molecule has 0 radical (unpaired) electrons. The Bertz CT molecular complexity index is 1460. The molecule has 0 aliphatic heterocycles. The molecule has 0 aliphatic rings. The molecule has 172 valence electrons. The Balaban J connectivity index is 1.78. The summed E-state index contributed by atoms with van der Waals surface area (Å²) < 4.78 is 69.6. The third-order valence-corrected chi connectivity index (χ3v) is 5.89. The minimum atomic E-state index is -4.56. The zero-order valence-corrected chi connectivity index (χ0v) is 17.9. The van der Waals surface area contributed by atoms with Gasteiger partial charge in [0.25, 0.3) is 5.91 Å². The molecule has 2 heterocycles. The predicted molar refractivity (Wildman–Crippen MR) is 113 cm³/mol. The first-order valence-corrected chi connectivity index (χ1v) is 11.0. The van der Waals surface area contributed by atoms with Crippen molar-refractivity contribution in [3.8, 4) is 0 Å². The normalized spacial score (nSPS) is 12.3. The molecule has 8 nitrogen and oxygen atoms in total. The molecule has 1 amide bonds. The summed E-state index contributed by atoms with van der Waals surface area (Å²) in [6, 6.07) is 10.2. The fourth-order valence-electron chi connectivity index (χ4n) is 3.31. The fraction of sp³-hybridized carbons (Fsp3) is 0.143. The highest BCUT2D eigenvalue weighted by atomic mass is 32.2. The third kappa shape index (κ3) is 4.61. The van der Waals surface area contributed by atoms with Gasteiger partial charge in [-0.05, 0) is 55.0 Å². The molecule has 0 fully saturated rings. The Morgan fingerprint density at radius 3 is 2.58 bits per heavy atom. The minimum Gasteiger partial charge on any atom is -0.467 e. The number of carbonyl (C=O) groups excluding carboxylic acids is 1. The number of amides is 1. The Kier molecular flexibility index (Phi) is 5.50. The SMILES string of the molecule is Cc1ccc(S(N)(=O)=O)cc1C(=O)Nc1nc2cc(C(F)(F)F)ccc2n1Cc1ccco1. The van der Waals surface area contributed by atoms with Crippen molar-refractivity contribution in [3.05, 3.63) is 77.2 Å². The van der Waals surface area contributed by atoms with Crippen LogP contribution in [0.25, 0.3) is 11.0 Å². The van der Waals surface area contributed by atoms with Gasteiger partial charge in [0.15, 0.2) is 0 Å². The maximum absolute atomic E-state index is 13.2. The summed E-state index contributed by atoms with van der Waals surface area (Å²) in [7, 11) is -4.05. The molecule has 2 aromatic heterocycles. The van der Waals surface area contributed by atoms with E-state index in [0.717, 1.165) is 18.2 Å². The highest BCUT2D eigenvalue weighted by molar-refractivity contribution is 7.89. The van der Waals surface area contributed by atoms with Gasteiger partial charge in [-0.2, -0.15) is 13.2 Å². The molecule has 0 aliphatic carbocycles. The zero-order valence-electron chi connectivity index (χ0n) is 17.1. The number of furan rings is 1. The Hall–Kier alpha value is -3.64. The first kappa shape index (κ1) is 22.6. The number of alkyl halides is 3. The van der Waals surface area contributed by atoms with Gasteiger partial charge < -0.3 is 8.98 Å². The quantitative estimate of drug-likeness (QED) is 0.451. The number of sulfonamides is 1. The number of carbonyl (C=O) groups is 1. The lowest BCUT2D eigenvalue weighted by atomic mass is 10.1. The average Bonchev–Trinajstić information content (AvgIpc) is 3.35. The lowest BCUT2D eigenvalue weighted by Gasteiger charge is -2.11. The van der Waals surface area contributed by atoms with Crippen LogP contribution in [0.3, 0.4) is 0 Å². The van der Waals surface area contributed by atoms with Crippen LogP contribution in [0.2, 0.25) is 0 Å². The Morgan fingerprint density at radius 1 is 1.18 bits per heavy atom. The predicted octanol–water partition coefficient (Wildman–Crippen LogP) is 3.90. The summed E-state index contributed by atoms with van der Waals surface area (Å²) >= 11 is 0. The number of aryl methyl sites for hydroxylation is 1. The van der Waals surface area contributed by atoms with E-state index >= 15 is 0 Å². The molecule has 0 spiro atoms. The van der Waals surface area contributed by atoms with E-state index < -0.39 is 27.7 Å². The van der Waals surface area contributed by atoms with Crippen molar-refractivity contribution in [3.63, 3.8) is 0 Å². The number of hydrogen-bond acceptors (Lipinski definition) is 5. The van der Waals surface area contributed by atoms with Crippen molar-refractivity contribution >= 4 is 32.9 Å². The number of hydrogen-bond donors (Lipinski definition) is 2. The van der Waals surface area contributed by atoms with Crippen molar-refractivity contribution in [2.75, 3.05) is 5.32 Å². The summed E-state index contributed by atoms with van der Waals surface area (Å²) in [5.41, 5.74) is -0.0410. The number of aromatic nitrogens is 2. The van der Waals surface area contributed by atoms with Gasteiger partial charge in [-0.15, -0.1) is 0 Å². The summed E-state index contributed by atoms with van der Waals surface area (Å²) in [6.45, 7) is 1.68. The maximum atomic E-state index is 13.2. The lowest BCUT2D eigenvalue weighted by molar-refractivity contribution is -0.137. The number of rotatable bonds is 5. The smallest absolute Gasteiger partial charge is 0.416 e. The second kappa shape index (κ2) is 8.05. The van der Waals surface area contributed by atoms with E-state index in [1.165, 1.54) is 29.0 Å². The van der Waals surface area contributed by atoms with E-state index in [9.17, 15) is 26.4 Å². The standard InChI is InChI=1S/C21H17F3N4O4S/c1-12-4-6-15(33(25,30)31)10-16(12)19(29)27-20-26-17-9-13(21(22,23)24)5-7-18(17)28(20)11-14-3-2-8-32-14/h2-10H,11H2,1H3,(H2,25,30,31)(H,26,27,29). The van der Waals surface area contributed by atoms with Crippen LogP contribution in [0.4, 0.5) is 19.1 Å². The van der Waals surface area contributed by atoms with Crippen molar-refractivity contribution < 1.29 is 30.8 Å². The van der Waals surface area contributed by atoms with Crippen LogP contribution in [-0.2, 0) is 22.7 Å².